The Bertz CT molecular complexity index is 1520. The lowest BCUT2D eigenvalue weighted by Crippen LogP contribution is -2.29. The van der Waals surface area contributed by atoms with Crippen molar-refractivity contribution < 1.29 is 27.1 Å². The molecule has 8 nitrogen and oxygen atoms in total. The normalized spacial score (nSPS) is 10.9. The highest BCUT2D eigenvalue weighted by atomic mass is 79.9. The first kappa shape index (κ1) is 28.4. The summed E-state index contributed by atoms with van der Waals surface area (Å²) in [5.41, 5.74) is 0.666. The molecule has 2 N–H and O–H groups in total. The molecule has 0 atom stereocenters. The first-order valence-electron chi connectivity index (χ1n) is 10.4. The minimum atomic E-state index is -4.11. The van der Waals surface area contributed by atoms with E-state index in [9.17, 15) is 22.4 Å². The second-order valence-electron chi connectivity index (χ2n) is 7.53. The number of carbonyl (C=O) groups excluding carboxylic acids is 2. The standard InChI is InChI=1S/C24H17BrCl2FN3O5S/c1-2-22(32)31-37(34,35)17-3-4-21(19(27)11-17)30-23(33)9-13-7-18(25)24(20(28)8-13)36-16-6-14(12-29)5-15(26)10-16/h3-8,10-11H,2,9H2,1H3,(H,30,33)(H,31,32). The smallest absolute Gasteiger partial charge is 0.264 e. The molecule has 3 rings (SSSR count). The minimum absolute atomic E-state index is 0.0202. The van der Waals surface area contributed by atoms with Crippen LogP contribution in [0.3, 0.4) is 0 Å². The van der Waals surface area contributed by atoms with Crippen LogP contribution in [-0.2, 0) is 26.0 Å². The number of nitriles is 1. The zero-order chi connectivity index (χ0) is 27.3. The van der Waals surface area contributed by atoms with Crippen LogP contribution in [0.2, 0.25) is 10.0 Å². The zero-order valence-electron chi connectivity index (χ0n) is 18.9. The van der Waals surface area contributed by atoms with E-state index in [-0.39, 0.29) is 55.0 Å². The lowest BCUT2D eigenvalue weighted by molar-refractivity contribution is -0.119. The molecule has 0 aromatic heterocycles. The average molecular weight is 629 g/mol. The number of halogens is 4. The van der Waals surface area contributed by atoms with Gasteiger partial charge in [-0.3, -0.25) is 9.59 Å². The van der Waals surface area contributed by atoms with Crippen LogP contribution in [0.15, 0.2) is 57.9 Å². The summed E-state index contributed by atoms with van der Waals surface area (Å²) in [6, 6.07) is 12.3. The Kier molecular flexibility index (Phi) is 9.15. The third-order valence-electron chi connectivity index (χ3n) is 4.74. The molecular formula is C24H17BrCl2FN3O5S. The van der Waals surface area contributed by atoms with E-state index < -0.39 is 27.7 Å². The number of benzene rings is 3. The summed E-state index contributed by atoms with van der Waals surface area (Å²) >= 11 is 15.3. The van der Waals surface area contributed by atoms with Crippen LogP contribution < -0.4 is 14.8 Å². The van der Waals surface area contributed by atoms with Gasteiger partial charge in [0.15, 0.2) is 11.6 Å². The van der Waals surface area contributed by atoms with E-state index in [1.165, 1.54) is 43.3 Å². The number of nitrogens with zero attached hydrogens (tertiary/aromatic N) is 1. The maximum atomic E-state index is 14.8. The van der Waals surface area contributed by atoms with Crippen LogP contribution in [0.4, 0.5) is 10.1 Å². The molecule has 0 aliphatic rings. The van der Waals surface area contributed by atoms with Crippen LogP contribution >= 0.6 is 39.1 Å². The lowest BCUT2D eigenvalue weighted by Gasteiger charge is -2.13. The van der Waals surface area contributed by atoms with E-state index in [2.05, 4.69) is 21.2 Å². The Balaban J connectivity index is 1.73. The van der Waals surface area contributed by atoms with Crippen molar-refractivity contribution in [2.45, 2.75) is 24.7 Å². The predicted octanol–water partition coefficient (Wildman–Crippen LogP) is 5.96. The molecule has 0 saturated heterocycles. The SMILES string of the molecule is CCC(=O)NS(=O)(=O)c1ccc(NC(=O)Cc2cc(F)c(Oc3cc(Cl)cc(C#N)c3)c(Br)c2)c(Cl)c1. The van der Waals surface area contributed by atoms with Gasteiger partial charge in [0.05, 0.1) is 38.1 Å². The second-order valence-corrected chi connectivity index (χ2v) is 10.9. The molecule has 0 bridgehead atoms. The quantitative estimate of drug-likeness (QED) is 0.317. The average Bonchev–Trinajstić information content (AvgIpc) is 2.81. The van der Waals surface area contributed by atoms with E-state index >= 15 is 0 Å². The molecule has 0 heterocycles. The van der Waals surface area contributed by atoms with Crippen LogP contribution in [0.5, 0.6) is 11.5 Å². The zero-order valence-corrected chi connectivity index (χ0v) is 22.9. The maximum absolute atomic E-state index is 14.8. The number of nitrogens with one attached hydrogen (secondary N) is 2. The fourth-order valence-electron chi connectivity index (χ4n) is 3.04. The number of sulfonamides is 1. The number of rotatable bonds is 8. The molecule has 13 heteroatoms. The summed E-state index contributed by atoms with van der Waals surface area (Å²) in [6.45, 7) is 1.51. The van der Waals surface area contributed by atoms with Crippen LogP contribution in [-0.4, -0.2) is 20.2 Å². The molecular weight excluding hydrogens is 612 g/mol. The van der Waals surface area contributed by atoms with Gasteiger partial charge >= 0.3 is 0 Å². The molecule has 0 radical (unpaired) electrons. The lowest BCUT2D eigenvalue weighted by atomic mass is 10.1. The number of ether oxygens (including phenoxy) is 1. The Labute approximate surface area is 230 Å². The van der Waals surface area contributed by atoms with Gasteiger partial charge in [-0.15, -0.1) is 0 Å². The monoisotopic (exact) mass is 627 g/mol. The third kappa shape index (κ3) is 7.42. The number of hydrogen-bond acceptors (Lipinski definition) is 6. The van der Waals surface area contributed by atoms with Crippen molar-refractivity contribution in [2.24, 2.45) is 0 Å². The Morgan fingerprint density at radius 3 is 2.46 bits per heavy atom. The molecule has 3 aromatic carbocycles. The van der Waals surface area contributed by atoms with Gasteiger partial charge in [-0.25, -0.2) is 17.5 Å². The largest absolute Gasteiger partial charge is 0.453 e. The molecule has 192 valence electrons. The summed E-state index contributed by atoms with van der Waals surface area (Å²) in [5, 5.41) is 11.8. The van der Waals surface area contributed by atoms with Crippen LogP contribution in [0.1, 0.15) is 24.5 Å². The van der Waals surface area contributed by atoms with E-state index in [1.54, 1.807) is 0 Å². The highest BCUT2D eigenvalue weighted by Gasteiger charge is 2.19. The van der Waals surface area contributed by atoms with Crippen molar-refractivity contribution in [3.8, 4) is 17.6 Å². The molecule has 0 spiro atoms. The van der Waals surface area contributed by atoms with Crippen molar-refractivity contribution in [3.63, 3.8) is 0 Å². The Morgan fingerprint density at radius 1 is 1.11 bits per heavy atom. The second kappa shape index (κ2) is 11.9. The van der Waals surface area contributed by atoms with Gasteiger partial charge in [0.25, 0.3) is 10.0 Å². The molecule has 0 aliphatic heterocycles. The van der Waals surface area contributed by atoms with E-state index in [1.807, 2.05) is 10.8 Å². The van der Waals surface area contributed by atoms with Gasteiger partial charge in [0, 0.05) is 11.4 Å². The number of amides is 2. The van der Waals surface area contributed by atoms with Crippen LogP contribution in [0, 0.1) is 17.1 Å². The summed E-state index contributed by atoms with van der Waals surface area (Å²) < 4.78 is 46.9. The molecule has 0 aliphatic carbocycles. The third-order valence-corrected chi connectivity index (χ3v) is 7.23. The fraction of sp³-hybridized carbons (Fsp3) is 0.125. The maximum Gasteiger partial charge on any atom is 0.264 e. The summed E-state index contributed by atoms with van der Waals surface area (Å²) in [6.07, 6.45) is -0.262. The molecule has 37 heavy (non-hydrogen) atoms. The van der Waals surface area contributed by atoms with E-state index in [0.29, 0.717) is 5.56 Å². The number of carbonyl (C=O) groups is 2. The molecule has 0 saturated carbocycles. The van der Waals surface area contributed by atoms with E-state index in [0.717, 1.165) is 12.1 Å². The van der Waals surface area contributed by atoms with Gasteiger partial charge < -0.3 is 10.1 Å². The Hall–Kier alpha value is -3.17. The highest BCUT2D eigenvalue weighted by molar-refractivity contribution is 9.10. The highest BCUT2D eigenvalue weighted by Crippen LogP contribution is 2.35. The number of hydrogen-bond donors (Lipinski definition) is 2. The first-order valence-corrected chi connectivity index (χ1v) is 13.5. The molecule has 3 aromatic rings. The van der Waals surface area contributed by atoms with Crippen molar-refractivity contribution in [2.75, 3.05) is 5.32 Å². The number of anilines is 1. The van der Waals surface area contributed by atoms with Crippen LogP contribution in [0.25, 0.3) is 0 Å². The van der Waals surface area contributed by atoms with Gasteiger partial charge in [0.1, 0.15) is 5.75 Å². The molecule has 2 amide bonds. The fourth-order valence-corrected chi connectivity index (χ4v) is 5.21. The van der Waals surface area contributed by atoms with Gasteiger partial charge in [-0.2, -0.15) is 5.26 Å². The summed E-state index contributed by atoms with van der Waals surface area (Å²) in [7, 11) is -4.11. The van der Waals surface area contributed by atoms with Crippen molar-refractivity contribution in [1.82, 2.24) is 4.72 Å². The minimum Gasteiger partial charge on any atom is -0.453 e. The summed E-state index contributed by atoms with van der Waals surface area (Å²) in [4.78, 5) is 23.7. The predicted molar refractivity (Wildman–Crippen MR) is 140 cm³/mol. The van der Waals surface area contributed by atoms with Crippen molar-refractivity contribution in [3.05, 3.63) is 80.0 Å². The molecule has 0 fully saturated rings. The van der Waals surface area contributed by atoms with Crippen molar-refractivity contribution >= 4 is 66.7 Å². The van der Waals surface area contributed by atoms with Crippen molar-refractivity contribution in [1.29, 1.82) is 5.26 Å². The van der Waals surface area contributed by atoms with Gasteiger partial charge in [-0.1, -0.05) is 30.1 Å². The molecule has 0 unspecified atom stereocenters. The van der Waals surface area contributed by atoms with Gasteiger partial charge in [0.2, 0.25) is 11.8 Å². The van der Waals surface area contributed by atoms with Gasteiger partial charge in [-0.05, 0) is 70.0 Å². The topological polar surface area (TPSA) is 125 Å². The summed E-state index contributed by atoms with van der Waals surface area (Å²) in [5.74, 6) is -2.00. The van der Waals surface area contributed by atoms with E-state index in [4.69, 9.17) is 33.2 Å². The first-order chi connectivity index (χ1) is 17.4. The Morgan fingerprint density at radius 2 is 1.84 bits per heavy atom.